The molecule has 0 aliphatic rings. The number of nitrogens with zero attached hydrogens (tertiary/aromatic N) is 2. The number of carbonyl (C=O) groups excluding carboxylic acids is 2. The van der Waals surface area contributed by atoms with Crippen molar-refractivity contribution in [3.63, 3.8) is 0 Å². The maximum absolute atomic E-state index is 13.1. The standard InChI is InChI=1S/C21H23N3O4S/c1-4-5-10-28-21(27)15-11-29-19-17(15)20(26)24(12-22-19)14(3)18(25)23-16-9-7-6-8-13(16)2/h6-9,11-12,14H,4-5,10H2,1-3H3,(H,23,25). The summed E-state index contributed by atoms with van der Waals surface area (Å²) in [6.07, 6.45) is 3.00. The highest BCUT2D eigenvalue weighted by molar-refractivity contribution is 7.17. The Morgan fingerprint density at radius 3 is 2.79 bits per heavy atom. The number of rotatable bonds is 7. The zero-order valence-corrected chi connectivity index (χ0v) is 17.4. The summed E-state index contributed by atoms with van der Waals surface area (Å²) in [7, 11) is 0. The molecule has 7 nitrogen and oxygen atoms in total. The summed E-state index contributed by atoms with van der Waals surface area (Å²) in [5.41, 5.74) is 1.36. The van der Waals surface area contributed by atoms with Crippen LogP contribution in [0.1, 0.15) is 48.7 Å². The van der Waals surface area contributed by atoms with Crippen LogP contribution < -0.4 is 10.9 Å². The number of hydrogen-bond donors (Lipinski definition) is 1. The number of anilines is 1. The van der Waals surface area contributed by atoms with E-state index in [0.717, 1.165) is 18.4 Å². The molecule has 152 valence electrons. The van der Waals surface area contributed by atoms with E-state index in [0.29, 0.717) is 17.1 Å². The average Bonchev–Trinajstić information content (AvgIpc) is 3.15. The second-order valence-electron chi connectivity index (χ2n) is 6.76. The van der Waals surface area contributed by atoms with Crippen LogP contribution in [-0.4, -0.2) is 28.0 Å². The first kappa shape index (κ1) is 20.7. The summed E-state index contributed by atoms with van der Waals surface area (Å²) in [6, 6.07) is 6.60. The fraction of sp³-hybridized carbons (Fsp3) is 0.333. The summed E-state index contributed by atoms with van der Waals surface area (Å²) in [5, 5.41) is 4.60. The van der Waals surface area contributed by atoms with E-state index in [4.69, 9.17) is 4.74 Å². The number of para-hydroxylation sites is 1. The van der Waals surface area contributed by atoms with Crippen LogP contribution in [0, 0.1) is 6.92 Å². The lowest BCUT2D eigenvalue weighted by molar-refractivity contribution is -0.118. The third-order valence-electron chi connectivity index (χ3n) is 4.67. The van der Waals surface area contributed by atoms with Crippen molar-refractivity contribution in [2.75, 3.05) is 11.9 Å². The Morgan fingerprint density at radius 2 is 2.07 bits per heavy atom. The molecule has 0 aliphatic carbocycles. The number of amides is 1. The van der Waals surface area contributed by atoms with Crippen molar-refractivity contribution in [1.29, 1.82) is 0 Å². The molecule has 0 radical (unpaired) electrons. The summed E-state index contributed by atoms with van der Waals surface area (Å²) in [6.45, 7) is 5.81. The molecule has 1 unspecified atom stereocenters. The summed E-state index contributed by atoms with van der Waals surface area (Å²) >= 11 is 1.20. The Bertz CT molecular complexity index is 1100. The Labute approximate surface area is 172 Å². The molecule has 8 heteroatoms. The van der Waals surface area contributed by atoms with Crippen molar-refractivity contribution >= 4 is 39.1 Å². The van der Waals surface area contributed by atoms with Crippen LogP contribution in [0.3, 0.4) is 0 Å². The number of aromatic nitrogens is 2. The lowest BCUT2D eigenvalue weighted by Crippen LogP contribution is -2.32. The van der Waals surface area contributed by atoms with Gasteiger partial charge in [0.1, 0.15) is 10.9 Å². The van der Waals surface area contributed by atoms with Crippen molar-refractivity contribution in [3.8, 4) is 0 Å². The normalized spacial score (nSPS) is 12.0. The van der Waals surface area contributed by atoms with Crippen LogP contribution in [0.5, 0.6) is 0 Å². The summed E-state index contributed by atoms with van der Waals surface area (Å²) < 4.78 is 6.48. The molecule has 0 fully saturated rings. The number of unbranched alkanes of at least 4 members (excludes halogenated alkanes) is 1. The number of fused-ring (bicyclic) bond motifs is 1. The fourth-order valence-corrected chi connectivity index (χ4v) is 3.70. The first-order valence-corrected chi connectivity index (χ1v) is 10.3. The molecule has 2 aromatic heterocycles. The smallest absolute Gasteiger partial charge is 0.339 e. The number of hydrogen-bond acceptors (Lipinski definition) is 6. The number of benzene rings is 1. The van der Waals surface area contributed by atoms with Gasteiger partial charge in [-0.05, 0) is 31.9 Å². The van der Waals surface area contributed by atoms with Crippen LogP contribution in [0.4, 0.5) is 5.69 Å². The van der Waals surface area contributed by atoms with Crippen molar-refractivity contribution < 1.29 is 14.3 Å². The number of carbonyl (C=O) groups is 2. The van der Waals surface area contributed by atoms with E-state index in [1.54, 1.807) is 18.4 Å². The topological polar surface area (TPSA) is 90.3 Å². The number of thiophene rings is 1. The quantitative estimate of drug-likeness (QED) is 0.468. The Morgan fingerprint density at radius 1 is 1.31 bits per heavy atom. The second kappa shape index (κ2) is 9.00. The Balaban J connectivity index is 1.89. The lowest BCUT2D eigenvalue weighted by Gasteiger charge is -2.16. The molecule has 29 heavy (non-hydrogen) atoms. The molecule has 3 aromatic rings. The van der Waals surface area contributed by atoms with Gasteiger partial charge >= 0.3 is 5.97 Å². The Kier molecular flexibility index (Phi) is 6.43. The van der Waals surface area contributed by atoms with Gasteiger partial charge < -0.3 is 10.1 Å². The predicted octanol–water partition coefficient (Wildman–Crippen LogP) is 3.92. The fourth-order valence-electron chi connectivity index (χ4n) is 2.84. The molecule has 1 N–H and O–H groups in total. The highest BCUT2D eigenvalue weighted by Gasteiger charge is 2.23. The average molecular weight is 413 g/mol. The van der Waals surface area contributed by atoms with Crippen molar-refractivity contribution in [2.45, 2.75) is 39.7 Å². The monoisotopic (exact) mass is 413 g/mol. The minimum atomic E-state index is -0.803. The maximum Gasteiger partial charge on any atom is 0.339 e. The van der Waals surface area contributed by atoms with E-state index in [9.17, 15) is 14.4 Å². The van der Waals surface area contributed by atoms with Crippen LogP contribution in [-0.2, 0) is 9.53 Å². The van der Waals surface area contributed by atoms with E-state index in [1.807, 2.05) is 32.0 Å². The molecular formula is C21H23N3O4S. The molecule has 1 atom stereocenters. The van der Waals surface area contributed by atoms with E-state index in [1.165, 1.54) is 22.2 Å². The minimum absolute atomic E-state index is 0.189. The van der Waals surface area contributed by atoms with Gasteiger partial charge in [0.05, 0.1) is 23.9 Å². The van der Waals surface area contributed by atoms with Gasteiger partial charge in [0.25, 0.3) is 5.56 Å². The molecule has 0 aliphatic heterocycles. The molecule has 0 spiro atoms. The van der Waals surface area contributed by atoms with E-state index < -0.39 is 17.6 Å². The van der Waals surface area contributed by atoms with Gasteiger partial charge in [-0.3, -0.25) is 14.2 Å². The highest BCUT2D eigenvalue weighted by atomic mass is 32.1. The van der Waals surface area contributed by atoms with Gasteiger partial charge in [0.2, 0.25) is 5.91 Å². The largest absolute Gasteiger partial charge is 0.462 e. The van der Waals surface area contributed by atoms with Crippen LogP contribution in [0.15, 0.2) is 40.8 Å². The van der Waals surface area contributed by atoms with Crippen molar-refractivity contribution in [2.24, 2.45) is 0 Å². The van der Waals surface area contributed by atoms with E-state index >= 15 is 0 Å². The molecule has 2 heterocycles. The van der Waals surface area contributed by atoms with E-state index in [2.05, 4.69) is 10.3 Å². The maximum atomic E-state index is 13.1. The third kappa shape index (κ3) is 4.37. The SMILES string of the molecule is CCCCOC(=O)c1csc2ncn(C(C)C(=O)Nc3ccccc3C)c(=O)c12. The van der Waals surface area contributed by atoms with Gasteiger partial charge in [-0.25, -0.2) is 9.78 Å². The molecule has 0 saturated heterocycles. The Hall–Kier alpha value is -3.00. The molecule has 3 rings (SSSR count). The minimum Gasteiger partial charge on any atom is -0.462 e. The second-order valence-corrected chi connectivity index (χ2v) is 7.61. The van der Waals surface area contributed by atoms with Gasteiger partial charge in [-0.1, -0.05) is 31.5 Å². The predicted molar refractivity (Wildman–Crippen MR) is 114 cm³/mol. The van der Waals surface area contributed by atoms with Crippen LogP contribution in [0.25, 0.3) is 10.2 Å². The van der Waals surface area contributed by atoms with Crippen molar-refractivity contribution in [1.82, 2.24) is 9.55 Å². The van der Waals surface area contributed by atoms with Gasteiger partial charge in [0, 0.05) is 11.1 Å². The third-order valence-corrected chi connectivity index (χ3v) is 5.56. The number of nitrogens with one attached hydrogen (secondary N) is 1. The number of ether oxygens (including phenoxy) is 1. The molecular weight excluding hydrogens is 390 g/mol. The number of aryl methyl sites for hydroxylation is 1. The molecule has 0 bridgehead atoms. The van der Waals surface area contributed by atoms with Gasteiger partial charge in [-0.15, -0.1) is 11.3 Å². The zero-order valence-electron chi connectivity index (χ0n) is 16.6. The van der Waals surface area contributed by atoms with E-state index in [-0.39, 0.29) is 16.9 Å². The first-order valence-electron chi connectivity index (χ1n) is 9.46. The van der Waals surface area contributed by atoms with Gasteiger partial charge in [0.15, 0.2) is 0 Å². The molecule has 0 saturated carbocycles. The highest BCUT2D eigenvalue weighted by Crippen LogP contribution is 2.23. The first-order chi connectivity index (χ1) is 13.9. The summed E-state index contributed by atoms with van der Waals surface area (Å²) in [4.78, 5) is 42.8. The van der Waals surface area contributed by atoms with Crippen LogP contribution in [0.2, 0.25) is 0 Å². The van der Waals surface area contributed by atoms with Gasteiger partial charge in [-0.2, -0.15) is 0 Å². The summed E-state index contributed by atoms with van der Waals surface area (Å²) in [5.74, 6) is -0.886. The lowest BCUT2D eigenvalue weighted by atomic mass is 10.2. The van der Waals surface area contributed by atoms with Crippen LogP contribution >= 0.6 is 11.3 Å². The zero-order chi connectivity index (χ0) is 21.0. The molecule has 1 aromatic carbocycles. The molecule has 1 amide bonds. The number of esters is 1. The van der Waals surface area contributed by atoms with Crippen molar-refractivity contribution in [3.05, 3.63) is 57.5 Å².